The number of piperidine rings is 1. The molecule has 0 bridgehead atoms. The summed E-state index contributed by atoms with van der Waals surface area (Å²) in [6.07, 6.45) is 2.30. The van der Waals surface area contributed by atoms with Crippen molar-refractivity contribution in [3.05, 3.63) is 76.6 Å². The second-order valence-electron chi connectivity index (χ2n) is 16.1. The molecule has 4 heterocycles. The largest absolute Gasteiger partial charge is 0.495 e. The van der Waals surface area contributed by atoms with Crippen LogP contribution in [0.5, 0.6) is 5.75 Å². The first kappa shape index (κ1) is 43.7. The normalized spacial score (nSPS) is 19.0. The van der Waals surface area contributed by atoms with Crippen molar-refractivity contribution in [3.8, 4) is 11.8 Å². The van der Waals surface area contributed by atoms with E-state index in [9.17, 15) is 33.6 Å². The molecule has 15 nitrogen and oxygen atoms in total. The molecular weight excluding hydrogens is 808 g/mol. The van der Waals surface area contributed by atoms with Crippen molar-refractivity contribution in [2.75, 3.05) is 99.6 Å². The number of anilines is 4. The van der Waals surface area contributed by atoms with E-state index in [1.165, 1.54) is 25.1 Å². The molecule has 0 radical (unpaired) electrons. The quantitative estimate of drug-likeness (QED) is 0.196. The van der Waals surface area contributed by atoms with Gasteiger partial charge in [0.15, 0.2) is 0 Å². The highest BCUT2D eigenvalue weighted by molar-refractivity contribution is 6.23. The highest BCUT2D eigenvalue weighted by Gasteiger charge is 2.43. The van der Waals surface area contributed by atoms with E-state index < -0.39 is 47.2 Å². The van der Waals surface area contributed by atoms with Crippen molar-refractivity contribution >= 4 is 52.8 Å². The Morgan fingerprint density at radius 1 is 0.887 bits per heavy atom. The second-order valence-corrected chi connectivity index (χ2v) is 16.1. The van der Waals surface area contributed by atoms with Crippen LogP contribution in [0, 0.1) is 34.7 Å². The Morgan fingerprint density at radius 2 is 1.61 bits per heavy atom. The number of imide groups is 1. The van der Waals surface area contributed by atoms with Crippen LogP contribution in [0.25, 0.3) is 0 Å². The van der Waals surface area contributed by atoms with Gasteiger partial charge in [-0.3, -0.25) is 24.2 Å². The van der Waals surface area contributed by atoms with E-state index in [2.05, 4.69) is 20.4 Å². The number of nitrogens with zero attached hydrogens (tertiary/aromatic N) is 7. The lowest BCUT2D eigenvalue weighted by molar-refractivity contribution is -0.124. The first-order valence-corrected chi connectivity index (χ1v) is 20.8. The van der Waals surface area contributed by atoms with Gasteiger partial charge >= 0.3 is 6.03 Å². The number of benzene rings is 3. The molecule has 5 amide bonds. The van der Waals surface area contributed by atoms with Crippen molar-refractivity contribution in [1.29, 1.82) is 5.26 Å². The number of fused-ring (bicyclic) bond motifs is 1. The number of hydrogen-bond acceptors (Lipinski definition) is 11. The second kappa shape index (κ2) is 18.7. The SMILES string of the molecule is CNC(=O)C(CCC=O)N1C(=O)c2ccc(N3CCN(CC4CCN(c5cc(F)c(NC(=O)N6CCN(c7cc(F)c(C#N)c(OC)c7)C(C)C6)cc5F)CC4)CC3)cc2C1=O. The number of urea groups is 1. The zero-order valence-electron chi connectivity index (χ0n) is 35.0. The molecule has 0 aromatic heterocycles. The Kier molecular flexibility index (Phi) is 13.2. The van der Waals surface area contributed by atoms with Crippen molar-refractivity contribution in [3.63, 3.8) is 0 Å². The number of hydrogen-bond donors (Lipinski definition) is 2. The van der Waals surface area contributed by atoms with E-state index in [-0.39, 0.29) is 65.8 Å². The molecular formula is C44H50F3N9O6. The van der Waals surface area contributed by atoms with Gasteiger partial charge in [-0.1, -0.05) is 0 Å². The number of nitrogens with one attached hydrogen (secondary N) is 2. The standard InChI is InChI=1S/C44H50F3N9O6/c1-27-25-54(16-17-55(27)30-20-34(45)33(24-48)40(21-30)62-3)44(61)50-37-22-36(47)39(23-35(37)46)53-10-8-28(9-11-53)26-51-12-14-52(15-13-51)29-6-7-31-32(19-29)43(60)56(42(31)59)38(5-4-18-57)41(58)49-2/h6-7,18-23,27-28,38H,4-5,8-17,25-26H2,1-3H3,(H,49,58)(H,50,61). The Bertz CT molecular complexity index is 2270. The smallest absolute Gasteiger partial charge is 0.322 e. The lowest BCUT2D eigenvalue weighted by Crippen LogP contribution is -2.54. The summed E-state index contributed by atoms with van der Waals surface area (Å²) in [4.78, 5) is 74.1. The van der Waals surface area contributed by atoms with Crippen molar-refractivity contribution in [2.24, 2.45) is 5.92 Å². The first-order chi connectivity index (χ1) is 29.8. The minimum atomic E-state index is -1.08. The number of halogens is 3. The van der Waals surface area contributed by atoms with E-state index in [1.807, 2.05) is 22.8 Å². The van der Waals surface area contributed by atoms with Crippen molar-refractivity contribution in [2.45, 2.75) is 44.7 Å². The van der Waals surface area contributed by atoms with Gasteiger partial charge in [-0.15, -0.1) is 0 Å². The number of ether oxygens (including phenoxy) is 1. The van der Waals surface area contributed by atoms with Crippen LogP contribution in [0.2, 0.25) is 0 Å². The summed E-state index contributed by atoms with van der Waals surface area (Å²) < 4.78 is 50.8. The van der Waals surface area contributed by atoms with E-state index >= 15 is 8.78 Å². The number of likely N-dealkylation sites (N-methyl/N-ethyl adjacent to an activating group) is 1. The number of amides is 5. The van der Waals surface area contributed by atoms with E-state index in [0.29, 0.717) is 50.6 Å². The van der Waals surface area contributed by atoms with Crippen LogP contribution >= 0.6 is 0 Å². The minimum absolute atomic E-state index is 0.0316. The van der Waals surface area contributed by atoms with Crippen LogP contribution in [0.4, 0.5) is 40.7 Å². The Morgan fingerprint density at radius 3 is 2.27 bits per heavy atom. The summed E-state index contributed by atoms with van der Waals surface area (Å²) in [5, 5.41) is 14.3. The van der Waals surface area contributed by atoms with Gasteiger partial charge in [-0.2, -0.15) is 5.26 Å². The summed E-state index contributed by atoms with van der Waals surface area (Å²) in [6, 6.07) is 10.0. The van der Waals surface area contributed by atoms with Gasteiger partial charge in [0.1, 0.15) is 47.2 Å². The Labute approximate surface area is 357 Å². The summed E-state index contributed by atoms with van der Waals surface area (Å²) in [5.41, 5.74) is 1.47. The van der Waals surface area contributed by atoms with Crippen molar-refractivity contribution in [1.82, 2.24) is 20.0 Å². The Balaban J connectivity index is 0.879. The van der Waals surface area contributed by atoms with Crippen LogP contribution < -0.4 is 30.1 Å². The molecule has 2 N–H and O–H groups in total. The fourth-order valence-corrected chi connectivity index (χ4v) is 9.00. The van der Waals surface area contributed by atoms with Crippen LogP contribution in [-0.2, 0) is 9.59 Å². The van der Waals surface area contributed by atoms with Crippen molar-refractivity contribution < 1.29 is 41.9 Å². The lowest BCUT2D eigenvalue weighted by atomic mass is 9.95. The fraction of sp³-hybridized carbons (Fsp3) is 0.455. The topological polar surface area (TPSA) is 162 Å². The third-order valence-corrected chi connectivity index (χ3v) is 12.4. The summed E-state index contributed by atoms with van der Waals surface area (Å²) in [5.74, 6) is -3.24. The number of carbonyl (C=O) groups is 5. The molecule has 0 aliphatic carbocycles. The van der Waals surface area contributed by atoms with E-state index in [1.54, 1.807) is 24.3 Å². The van der Waals surface area contributed by atoms with Gasteiger partial charge in [0, 0.05) is 115 Å². The number of aldehydes is 1. The molecule has 3 aromatic carbocycles. The average Bonchev–Trinajstić information content (AvgIpc) is 3.52. The summed E-state index contributed by atoms with van der Waals surface area (Å²) in [7, 11) is 2.78. The van der Waals surface area contributed by atoms with E-state index in [0.717, 1.165) is 55.2 Å². The molecule has 18 heteroatoms. The van der Waals surface area contributed by atoms with Gasteiger partial charge in [-0.05, 0) is 56.4 Å². The number of rotatable bonds is 12. The molecule has 2 atom stereocenters. The molecule has 0 spiro atoms. The van der Waals surface area contributed by atoms with Crippen LogP contribution in [0.3, 0.4) is 0 Å². The molecule has 7 rings (SSSR count). The highest BCUT2D eigenvalue weighted by atomic mass is 19.1. The molecule has 4 aliphatic heterocycles. The van der Waals surface area contributed by atoms with Gasteiger partial charge in [0.25, 0.3) is 11.8 Å². The third-order valence-electron chi connectivity index (χ3n) is 12.4. The molecule has 3 fully saturated rings. The van der Waals surface area contributed by atoms with Gasteiger partial charge in [-0.25, -0.2) is 18.0 Å². The lowest BCUT2D eigenvalue weighted by Gasteiger charge is -2.41. The molecule has 2 unspecified atom stereocenters. The molecule has 0 saturated carbocycles. The average molecular weight is 858 g/mol. The van der Waals surface area contributed by atoms with Gasteiger partial charge < -0.3 is 39.8 Å². The molecule has 328 valence electrons. The maximum Gasteiger partial charge on any atom is 0.322 e. The molecule has 3 aromatic rings. The predicted octanol–water partition coefficient (Wildman–Crippen LogP) is 4.46. The maximum absolute atomic E-state index is 15.5. The highest BCUT2D eigenvalue weighted by Crippen LogP contribution is 2.34. The predicted molar refractivity (Wildman–Crippen MR) is 225 cm³/mol. The number of carbonyl (C=O) groups excluding carboxylic acids is 5. The minimum Gasteiger partial charge on any atom is -0.495 e. The molecule has 3 saturated heterocycles. The molecule has 4 aliphatic rings. The number of methoxy groups -OCH3 is 1. The number of piperazine rings is 2. The van der Waals surface area contributed by atoms with Crippen LogP contribution in [0.1, 0.15) is 58.9 Å². The van der Waals surface area contributed by atoms with Gasteiger partial charge in [0.05, 0.1) is 29.6 Å². The zero-order chi connectivity index (χ0) is 44.2. The maximum atomic E-state index is 15.5. The monoisotopic (exact) mass is 857 g/mol. The van der Waals surface area contributed by atoms with Crippen LogP contribution in [-0.4, -0.2) is 136 Å². The van der Waals surface area contributed by atoms with Gasteiger partial charge in [0.2, 0.25) is 5.91 Å². The summed E-state index contributed by atoms with van der Waals surface area (Å²) in [6.45, 7) is 7.53. The zero-order valence-corrected chi connectivity index (χ0v) is 35.0. The van der Waals surface area contributed by atoms with Crippen LogP contribution in [0.15, 0.2) is 42.5 Å². The third kappa shape index (κ3) is 8.85. The Hall–Kier alpha value is -6.35. The number of nitriles is 1. The fourth-order valence-electron chi connectivity index (χ4n) is 9.00. The van der Waals surface area contributed by atoms with E-state index in [4.69, 9.17) is 4.74 Å². The molecule has 62 heavy (non-hydrogen) atoms. The summed E-state index contributed by atoms with van der Waals surface area (Å²) >= 11 is 0. The first-order valence-electron chi connectivity index (χ1n) is 20.8.